The number of rotatable bonds is 2. The van der Waals surface area contributed by atoms with E-state index in [9.17, 15) is 0 Å². The Labute approximate surface area is 96.0 Å². The molecule has 0 unspecified atom stereocenters. The zero-order valence-electron chi connectivity index (χ0n) is 8.65. The van der Waals surface area contributed by atoms with Gasteiger partial charge in [0.1, 0.15) is 0 Å². The van der Waals surface area contributed by atoms with Gasteiger partial charge < -0.3 is 11.5 Å². The van der Waals surface area contributed by atoms with Gasteiger partial charge in [-0.1, -0.05) is 29.4 Å². The van der Waals surface area contributed by atoms with Gasteiger partial charge in [-0.05, 0) is 5.53 Å². The Morgan fingerprint density at radius 1 is 1.00 bits per heavy atom. The molecular weight excluding hydrogens is 220 g/mol. The third kappa shape index (κ3) is 2.39. The predicted molar refractivity (Wildman–Crippen MR) is 62.9 cm³/mol. The first kappa shape index (κ1) is 10.7. The fourth-order valence-corrected chi connectivity index (χ4v) is 1.27. The minimum Gasteiger partial charge on any atom is -0.368 e. The van der Waals surface area contributed by atoms with E-state index in [1.54, 1.807) is 24.3 Å². The van der Waals surface area contributed by atoms with Crippen LogP contribution in [0.3, 0.4) is 0 Å². The summed E-state index contributed by atoms with van der Waals surface area (Å²) >= 11 is 0. The highest BCUT2D eigenvalue weighted by Gasteiger charge is 2.04. The molecule has 0 amide bonds. The van der Waals surface area contributed by atoms with Crippen LogP contribution in [0.5, 0.6) is 0 Å². The molecule has 8 nitrogen and oxygen atoms in total. The second-order valence-corrected chi connectivity index (χ2v) is 3.11. The number of benzene rings is 1. The summed E-state index contributed by atoms with van der Waals surface area (Å²) in [7, 11) is 0. The molecule has 1 aromatic heterocycles. The number of nitrogens with two attached hydrogens (primary N) is 2. The van der Waals surface area contributed by atoms with E-state index in [4.69, 9.17) is 17.0 Å². The second-order valence-electron chi connectivity index (χ2n) is 3.11. The normalized spacial score (nSPS) is 9.65. The van der Waals surface area contributed by atoms with Gasteiger partial charge in [0.25, 0.3) is 0 Å². The molecule has 0 fully saturated rings. The Kier molecular flexibility index (Phi) is 2.71. The highest BCUT2D eigenvalue weighted by atomic mass is 15.1. The van der Waals surface area contributed by atoms with E-state index in [0.717, 1.165) is 0 Å². The van der Waals surface area contributed by atoms with Crippen molar-refractivity contribution in [3.05, 3.63) is 34.7 Å². The molecular formula is C9H8N8. The Morgan fingerprint density at radius 3 is 2.12 bits per heavy atom. The lowest BCUT2D eigenvalue weighted by Crippen LogP contribution is -2.04. The minimum atomic E-state index is 0.0617. The van der Waals surface area contributed by atoms with Gasteiger partial charge in [-0.25, -0.2) is 0 Å². The van der Waals surface area contributed by atoms with E-state index in [0.29, 0.717) is 17.1 Å². The summed E-state index contributed by atoms with van der Waals surface area (Å²) in [6, 6.07) is 6.70. The fourth-order valence-electron chi connectivity index (χ4n) is 1.27. The maximum atomic E-state index is 8.27. The van der Waals surface area contributed by atoms with Crippen molar-refractivity contribution in [1.82, 2.24) is 15.0 Å². The lowest BCUT2D eigenvalue weighted by atomic mass is 10.2. The number of anilines is 2. The van der Waals surface area contributed by atoms with Gasteiger partial charge in [0.15, 0.2) is 5.82 Å². The van der Waals surface area contributed by atoms with Gasteiger partial charge in [-0.3, -0.25) is 0 Å². The van der Waals surface area contributed by atoms with E-state index < -0.39 is 0 Å². The Balaban J connectivity index is 2.42. The van der Waals surface area contributed by atoms with Crippen LogP contribution in [0.15, 0.2) is 29.4 Å². The van der Waals surface area contributed by atoms with Gasteiger partial charge in [0.2, 0.25) is 11.9 Å². The van der Waals surface area contributed by atoms with Crippen molar-refractivity contribution in [2.45, 2.75) is 0 Å². The average Bonchev–Trinajstić information content (AvgIpc) is 2.29. The van der Waals surface area contributed by atoms with Crippen LogP contribution in [-0.2, 0) is 0 Å². The number of hydrogen-bond donors (Lipinski definition) is 2. The van der Waals surface area contributed by atoms with Crippen molar-refractivity contribution < 1.29 is 0 Å². The topological polar surface area (TPSA) is 139 Å². The van der Waals surface area contributed by atoms with E-state index in [1.165, 1.54) is 0 Å². The van der Waals surface area contributed by atoms with Crippen molar-refractivity contribution in [3.8, 4) is 11.4 Å². The van der Waals surface area contributed by atoms with Crippen molar-refractivity contribution in [3.63, 3.8) is 0 Å². The third-order valence-corrected chi connectivity index (χ3v) is 1.96. The lowest BCUT2D eigenvalue weighted by molar-refractivity contribution is 1.09. The van der Waals surface area contributed by atoms with Crippen LogP contribution in [-0.4, -0.2) is 15.0 Å². The Morgan fingerprint density at radius 2 is 1.59 bits per heavy atom. The molecule has 0 atom stereocenters. The van der Waals surface area contributed by atoms with Crippen LogP contribution in [0.1, 0.15) is 0 Å². The minimum absolute atomic E-state index is 0.0617. The summed E-state index contributed by atoms with van der Waals surface area (Å²) < 4.78 is 0. The molecule has 0 aliphatic rings. The average molecular weight is 228 g/mol. The molecule has 84 valence electrons. The summed E-state index contributed by atoms with van der Waals surface area (Å²) in [5.74, 6) is 0.501. The number of aromatic nitrogens is 3. The molecule has 1 heterocycles. The summed E-state index contributed by atoms with van der Waals surface area (Å²) in [4.78, 5) is 14.3. The Hall–Kier alpha value is -2.86. The lowest BCUT2D eigenvalue weighted by Gasteiger charge is -2.02. The van der Waals surface area contributed by atoms with Crippen molar-refractivity contribution >= 4 is 17.6 Å². The number of nitrogens with zero attached hydrogens (tertiary/aromatic N) is 6. The highest BCUT2D eigenvalue weighted by molar-refractivity contribution is 5.60. The van der Waals surface area contributed by atoms with Crippen LogP contribution in [0.2, 0.25) is 0 Å². The quantitative estimate of drug-likeness (QED) is 0.456. The molecule has 0 saturated heterocycles. The maximum Gasteiger partial charge on any atom is 0.225 e. The van der Waals surface area contributed by atoms with Crippen LogP contribution in [0.25, 0.3) is 21.8 Å². The molecule has 0 aliphatic carbocycles. The van der Waals surface area contributed by atoms with E-state index >= 15 is 0 Å². The fraction of sp³-hybridized carbons (Fsp3) is 0. The monoisotopic (exact) mass is 228 g/mol. The standard InChI is InChI=1S/C9H8N8/c10-8-13-7(14-9(11)15-8)5-1-3-6(4-2-5)16-17-12/h1-4H,(H4,10,11,13,14,15). The zero-order chi connectivity index (χ0) is 12.3. The van der Waals surface area contributed by atoms with Gasteiger partial charge >= 0.3 is 0 Å². The molecule has 1 aromatic carbocycles. The van der Waals surface area contributed by atoms with Crippen molar-refractivity contribution in [1.29, 1.82) is 0 Å². The molecule has 0 spiro atoms. The summed E-state index contributed by atoms with van der Waals surface area (Å²) in [6.45, 7) is 0. The second kappa shape index (κ2) is 4.33. The highest BCUT2D eigenvalue weighted by Crippen LogP contribution is 2.20. The van der Waals surface area contributed by atoms with Crippen molar-refractivity contribution in [2.75, 3.05) is 11.5 Å². The molecule has 0 bridgehead atoms. The Bertz CT molecular complexity index is 564. The first-order valence-electron chi connectivity index (χ1n) is 4.61. The molecule has 2 rings (SSSR count). The number of nitrogen functional groups attached to an aromatic ring is 2. The summed E-state index contributed by atoms with van der Waals surface area (Å²) in [5, 5.41) is 3.45. The molecule has 17 heavy (non-hydrogen) atoms. The molecule has 0 aliphatic heterocycles. The third-order valence-electron chi connectivity index (χ3n) is 1.96. The van der Waals surface area contributed by atoms with Crippen LogP contribution >= 0.6 is 0 Å². The zero-order valence-corrected chi connectivity index (χ0v) is 8.65. The van der Waals surface area contributed by atoms with Gasteiger partial charge in [0.05, 0.1) is 0 Å². The first-order chi connectivity index (χ1) is 8.19. The van der Waals surface area contributed by atoms with Gasteiger partial charge in [0, 0.05) is 16.2 Å². The van der Waals surface area contributed by atoms with Crippen LogP contribution < -0.4 is 11.5 Å². The first-order valence-corrected chi connectivity index (χ1v) is 4.61. The van der Waals surface area contributed by atoms with E-state index in [1.807, 2.05) is 0 Å². The molecule has 8 heteroatoms. The van der Waals surface area contributed by atoms with E-state index in [2.05, 4.69) is 25.0 Å². The molecule has 0 saturated carbocycles. The summed E-state index contributed by atoms with van der Waals surface area (Å²) in [6.07, 6.45) is 0. The number of azide groups is 1. The van der Waals surface area contributed by atoms with Gasteiger partial charge in [-0.2, -0.15) is 15.0 Å². The molecule has 4 N–H and O–H groups in total. The maximum absolute atomic E-state index is 8.27. The SMILES string of the molecule is [N-]=[N+]=Nc1ccc(-c2nc(N)nc(N)n2)cc1. The van der Waals surface area contributed by atoms with E-state index in [-0.39, 0.29) is 11.9 Å². The molecule has 0 radical (unpaired) electrons. The summed E-state index contributed by atoms with van der Waals surface area (Å²) in [5.41, 5.74) is 20.4. The molecule has 2 aromatic rings. The largest absolute Gasteiger partial charge is 0.368 e. The van der Waals surface area contributed by atoms with Crippen LogP contribution in [0, 0.1) is 0 Å². The predicted octanol–water partition coefficient (Wildman–Crippen LogP) is 1.64. The number of hydrogen-bond acceptors (Lipinski definition) is 6. The van der Waals surface area contributed by atoms with Crippen LogP contribution in [0.4, 0.5) is 17.6 Å². The smallest absolute Gasteiger partial charge is 0.225 e. The van der Waals surface area contributed by atoms with Crippen molar-refractivity contribution in [2.24, 2.45) is 5.11 Å². The van der Waals surface area contributed by atoms with Gasteiger partial charge in [-0.15, -0.1) is 0 Å².